The number of carbonyl (C=O) groups is 3. The van der Waals surface area contributed by atoms with E-state index in [2.05, 4.69) is 10.1 Å². The zero-order chi connectivity index (χ0) is 23.6. The van der Waals surface area contributed by atoms with Crippen molar-refractivity contribution >= 4 is 23.9 Å². The van der Waals surface area contributed by atoms with Gasteiger partial charge in [-0.15, -0.1) is 0 Å². The fraction of sp³-hybridized carbons (Fsp3) is 0.320. The second-order valence-corrected chi connectivity index (χ2v) is 7.53. The lowest BCUT2D eigenvalue weighted by atomic mass is 10.1. The minimum absolute atomic E-state index is 0.0530. The number of hydrogen-bond donors (Lipinski definition) is 1. The normalized spacial score (nSPS) is 13.1. The molecule has 0 atom stereocenters. The molecule has 8 nitrogen and oxygen atoms in total. The highest BCUT2D eigenvalue weighted by Crippen LogP contribution is 2.28. The van der Waals surface area contributed by atoms with E-state index in [0.29, 0.717) is 23.6 Å². The van der Waals surface area contributed by atoms with Crippen molar-refractivity contribution in [1.29, 1.82) is 0 Å². The molecule has 1 saturated heterocycles. The number of nitrogens with one attached hydrogen (secondary N) is 1. The van der Waals surface area contributed by atoms with Gasteiger partial charge in [0.25, 0.3) is 11.8 Å². The fourth-order valence-corrected chi connectivity index (χ4v) is 3.40. The lowest BCUT2D eigenvalue weighted by Gasteiger charge is -2.15. The van der Waals surface area contributed by atoms with Gasteiger partial charge in [0.15, 0.2) is 18.1 Å². The van der Waals surface area contributed by atoms with E-state index in [1.54, 1.807) is 36.4 Å². The standard InChI is InChI=1S/C25H28N2O6/c1-31-22-15-18(8-12-24(29)32-2)7-11-21(22)33-17-23(28)26-16-19-5-9-20(10-6-19)25(30)27-13-3-4-14-27/h5-12,15H,3-4,13-14,16-17H2,1-2H3,(H,26,28)/b12-8+. The van der Waals surface area contributed by atoms with Crippen LogP contribution in [0.2, 0.25) is 0 Å². The zero-order valence-corrected chi connectivity index (χ0v) is 18.8. The molecule has 1 fully saturated rings. The summed E-state index contributed by atoms with van der Waals surface area (Å²) in [5, 5.41) is 2.80. The van der Waals surface area contributed by atoms with Gasteiger partial charge in [-0.3, -0.25) is 9.59 Å². The average Bonchev–Trinajstić information content (AvgIpc) is 3.39. The maximum Gasteiger partial charge on any atom is 0.330 e. The SMILES string of the molecule is COC(=O)/C=C/c1ccc(OCC(=O)NCc2ccc(C(=O)N3CCCC3)cc2)c(OC)c1. The maximum absolute atomic E-state index is 12.4. The predicted octanol–water partition coefficient (Wildman–Crippen LogP) is 2.81. The van der Waals surface area contributed by atoms with Crippen LogP contribution in [0.25, 0.3) is 6.08 Å². The van der Waals surface area contributed by atoms with Gasteiger partial charge in [-0.1, -0.05) is 18.2 Å². The monoisotopic (exact) mass is 452 g/mol. The second kappa shape index (κ2) is 11.7. The quantitative estimate of drug-likeness (QED) is 0.465. The van der Waals surface area contributed by atoms with Crippen molar-refractivity contribution in [2.45, 2.75) is 19.4 Å². The van der Waals surface area contributed by atoms with Crippen molar-refractivity contribution in [3.05, 3.63) is 65.2 Å². The second-order valence-electron chi connectivity index (χ2n) is 7.53. The van der Waals surface area contributed by atoms with Gasteiger partial charge in [0.05, 0.1) is 14.2 Å². The molecule has 0 radical (unpaired) electrons. The van der Waals surface area contributed by atoms with Crippen molar-refractivity contribution in [1.82, 2.24) is 10.2 Å². The third-order valence-corrected chi connectivity index (χ3v) is 5.24. The molecule has 0 aliphatic carbocycles. The molecule has 33 heavy (non-hydrogen) atoms. The van der Waals surface area contributed by atoms with E-state index in [4.69, 9.17) is 9.47 Å². The Morgan fingerprint density at radius 1 is 1.00 bits per heavy atom. The minimum Gasteiger partial charge on any atom is -0.493 e. The molecule has 3 rings (SSSR count). The number of amides is 2. The molecule has 8 heteroatoms. The van der Waals surface area contributed by atoms with E-state index in [1.807, 2.05) is 17.0 Å². The summed E-state index contributed by atoms with van der Waals surface area (Å²) in [6.07, 6.45) is 5.01. The summed E-state index contributed by atoms with van der Waals surface area (Å²) in [5.74, 6) is 0.153. The van der Waals surface area contributed by atoms with Gasteiger partial charge < -0.3 is 24.4 Å². The van der Waals surface area contributed by atoms with Crippen molar-refractivity contribution in [3.8, 4) is 11.5 Å². The number of methoxy groups -OCH3 is 2. The van der Waals surface area contributed by atoms with Crippen LogP contribution in [-0.4, -0.2) is 56.6 Å². The Morgan fingerprint density at radius 3 is 2.39 bits per heavy atom. The molecular weight excluding hydrogens is 424 g/mol. The number of hydrogen-bond acceptors (Lipinski definition) is 6. The molecular formula is C25H28N2O6. The number of rotatable bonds is 9. The first-order chi connectivity index (χ1) is 16.0. The molecule has 0 spiro atoms. The first-order valence-electron chi connectivity index (χ1n) is 10.7. The topological polar surface area (TPSA) is 94.2 Å². The fourth-order valence-electron chi connectivity index (χ4n) is 3.40. The summed E-state index contributed by atoms with van der Waals surface area (Å²) in [7, 11) is 2.80. The summed E-state index contributed by atoms with van der Waals surface area (Å²) in [6, 6.07) is 12.4. The van der Waals surface area contributed by atoms with E-state index in [1.165, 1.54) is 20.3 Å². The van der Waals surface area contributed by atoms with Gasteiger partial charge in [0, 0.05) is 31.3 Å². The van der Waals surface area contributed by atoms with Crippen LogP contribution in [0.15, 0.2) is 48.5 Å². The number of nitrogens with zero attached hydrogens (tertiary/aromatic N) is 1. The van der Waals surface area contributed by atoms with E-state index >= 15 is 0 Å². The summed E-state index contributed by atoms with van der Waals surface area (Å²) in [4.78, 5) is 37.7. The van der Waals surface area contributed by atoms with E-state index < -0.39 is 5.97 Å². The first kappa shape index (κ1) is 23.8. The van der Waals surface area contributed by atoms with Crippen LogP contribution in [-0.2, 0) is 20.9 Å². The Kier molecular flexibility index (Phi) is 8.46. The van der Waals surface area contributed by atoms with E-state index in [-0.39, 0.29) is 18.4 Å². The van der Waals surface area contributed by atoms with Crippen LogP contribution in [0.1, 0.15) is 34.3 Å². The summed E-state index contributed by atoms with van der Waals surface area (Å²) >= 11 is 0. The maximum atomic E-state index is 12.4. The predicted molar refractivity (Wildman–Crippen MR) is 123 cm³/mol. The summed E-state index contributed by atoms with van der Waals surface area (Å²) in [5.41, 5.74) is 2.27. The molecule has 0 aromatic heterocycles. The molecule has 1 aliphatic rings. The highest BCUT2D eigenvalue weighted by atomic mass is 16.5. The Bertz CT molecular complexity index is 1010. The van der Waals surface area contributed by atoms with Gasteiger partial charge in [0.1, 0.15) is 0 Å². The lowest BCUT2D eigenvalue weighted by molar-refractivity contribution is -0.134. The molecule has 1 N–H and O–H groups in total. The Morgan fingerprint density at radius 2 is 1.73 bits per heavy atom. The highest BCUT2D eigenvalue weighted by molar-refractivity contribution is 5.94. The number of carbonyl (C=O) groups excluding carboxylic acids is 3. The molecule has 2 amide bonds. The summed E-state index contributed by atoms with van der Waals surface area (Å²) < 4.78 is 15.5. The number of esters is 1. The highest BCUT2D eigenvalue weighted by Gasteiger charge is 2.19. The van der Waals surface area contributed by atoms with Crippen LogP contribution in [0.5, 0.6) is 11.5 Å². The number of benzene rings is 2. The van der Waals surface area contributed by atoms with Crippen molar-refractivity contribution in [3.63, 3.8) is 0 Å². The molecule has 2 aromatic carbocycles. The Hall–Kier alpha value is -3.81. The first-order valence-corrected chi connectivity index (χ1v) is 10.7. The molecule has 0 unspecified atom stereocenters. The molecule has 0 bridgehead atoms. The number of ether oxygens (including phenoxy) is 3. The largest absolute Gasteiger partial charge is 0.493 e. The van der Waals surface area contributed by atoms with Crippen molar-refractivity contribution in [2.24, 2.45) is 0 Å². The van der Waals surface area contributed by atoms with E-state index in [9.17, 15) is 14.4 Å². The smallest absolute Gasteiger partial charge is 0.330 e. The molecule has 1 aliphatic heterocycles. The summed E-state index contributed by atoms with van der Waals surface area (Å²) in [6.45, 7) is 1.77. The van der Waals surface area contributed by atoms with Gasteiger partial charge in [-0.05, 0) is 54.3 Å². The Labute approximate surface area is 193 Å². The van der Waals surface area contributed by atoms with Crippen LogP contribution >= 0.6 is 0 Å². The third kappa shape index (κ3) is 6.83. The van der Waals surface area contributed by atoms with Crippen LogP contribution in [0, 0.1) is 0 Å². The molecule has 174 valence electrons. The average molecular weight is 453 g/mol. The molecule has 2 aromatic rings. The lowest BCUT2D eigenvalue weighted by Crippen LogP contribution is -2.29. The minimum atomic E-state index is -0.459. The third-order valence-electron chi connectivity index (χ3n) is 5.24. The molecule has 0 saturated carbocycles. The van der Waals surface area contributed by atoms with E-state index in [0.717, 1.165) is 37.1 Å². The zero-order valence-electron chi connectivity index (χ0n) is 18.8. The Balaban J connectivity index is 1.48. The van der Waals surface area contributed by atoms with Gasteiger partial charge in [-0.2, -0.15) is 0 Å². The van der Waals surface area contributed by atoms with Crippen LogP contribution < -0.4 is 14.8 Å². The number of likely N-dealkylation sites (tertiary alicyclic amines) is 1. The van der Waals surface area contributed by atoms with Crippen molar-refractivity contribution < 1.29 is 28.6 Å². The van der Waals surface area contributed by atoms with Gasteiger partial charge in [0.2, 0.25) is 0 Å². The van der Waals surface area contributed by atoms with Crippen LogP contribution in [0.4, 0.5) is 0 Å². The van der Waals surface area contributed by atoms with Crippen molar-refractivity contribution in [2.75, 3.05) is 33.9 Å². The van der Waals surface area contributed by atoms with Gasteiger partial charge >= 0.3 is 5.97 Å². The molecule has 1 heterocycles. The van der Waals surface area contributed by atoms with Gasteiger partial charge in [-0.25, -0.2) is 4.79 Å². The van der Waals surface area contributed by atoms with Crippen LogP contribution in [0.3, 0.4) is 0 Å².